The molecule has 2 heterocycles. The minimum absolute atomic E-state index is 0. The van der Waals surface area contributed by atoms with E-state index in [9.17, 15) is 0 Å². The van der Waals surface area contributed by atoms with Crippen LogP contribution >= 0.6 is 24.0 Å². The molecule has 144 valence electrons. The van der Waals surface area contributed by atoms with E-state index in [2.05, 4.69) is 46.8 Å². The molecule has 0 radical (unpaired) electrons. The zero-order valence-corrected chi connectivity index (χ0v) is 18.3. The summed E-state index contributed by atoms with van der Waals surface area (Å²) in [4.78, 5) is 4.48. The second kappa shape index (κ2) is 8.46. The third kappa shape index (κ3) is 4.03. The summed E-state index contributed by atoms with van der Waals surface area (Å²) in [6.07, 6.45) is 9.54. The van der Waals surface area contributed by atoms with Crippen molar-refractivity contribution in [3.8, 4) is 0 Å². The van der Waals surface area contributed by atoms with Gasteiger partial charge in [-0.2, -0.15) is 0 Å². The van der Waals surface area contributed by atoms with Crippen LogP contribution in [0, 0.1) is 6.92 Å². The van der Waals surface area contributed by atoms with Crippen molar-refractivity contribution in [2.45, 2.75) is 75.5 Å². The molecule has 2 bridgehead atoms. The molecule has 2 saturated heterocycles. The molecule has 2 N–H and O–H groups in total. The van der Waals surface area contributed by atoms with Crippen LogP contribution in [-0.2, 0) is 10.2 Å². The molecule has 1 aliphatic carbocycles. The van der Waals surface area contributed by atoms with Crippen LogP contribution in [0.2, 0.25) is 0 Å². The van der Waals surface area contributed by atoms with Crippen LogP contribution in [0.1, 0.15) is 56.1 Å². The lowest BCUT2D eigenvalue weighted by Gasteiger charge is -2.32. The molecule has 1 saturated carbocycles. The van der Waals surface area contributed by atoms with E-state index in [1.807, 2.05) is 7.05 Å². The van der Waals surface area contributed by atoms with Gasteiger partial charge >= 0.3 is 0 Å². The summed E-state index contributed by atoms with van der Waals surface area (Å²) >= 11 is 0. The number of guanidine groups is 1. The fourth-order valence-corrected chi connectivity index (χ4v) is 5.01. The molecular weight excluding hydrogens is 437 g/mol. The number of nitrogens with one attached hydrogen (secondary N) is 2. The lowest BCUT2D eigenvalue weighted by atomic mass is 9.78. The number of hydrogen-bond acceptors (Lipinski definition) is 2. The number of rotatable bonds is 4. The molecule has 1 aromatic carbocycles. The van der Waals surface area contributed by atoms with Gasteiger partial charge in [0.15, 0.2) is 5.96 Å². The molecule has 0 spiro atoms. The molecule has 2 aliphatic heterocycles. The molecule has 0 aromatic heterocycles. The second-order valence-electron chi connectivity index (χ2n) is 8.14. The third-order valence-corrected chi connectivity index (χ3v) is 6.44. The van der Waals surface area contributed by atoms with E-state index in [4.69, 9.17) is 4.74 Å². The Labute approximate surface area is 174 Å². The van der Waals surface area contributed by atoms with Gasteiger partial charge in [-0.05, 0) is 44.6 Å². The van der Waals surface area contributed by atoms with Gasteiger partial charge < -0.3 is 15.4 Å². The Morgan fingerprint density at radius 3 is 2.69 bits per heavy atom. The summed E-state index contributed by atoms with van der Waals surface area (Å²) in [7, 11) is 1.87. The quantitative estimate of drug-likeness (QED) is 0.400. The zero-order chi connectivity index (χ0) is 17.3. The maximum Gasteiger partial charge on any atom is 0.191 e. The van der Waals surface area contributed by atoms with Crippen molar-refractivity contribution in [2.75, 3.05) is 13.6 Å². The first-order chi connectivity index (χ1) is 12.2. The summed E-state index contributed by atoms with van der Waals surface area (Å²) in [6, 6.07) is 9.48. The third-order valence-electron chi connectivity index (χ3n) is 6.44. The van der Waals surface area contributed by atoms with E-state index in [0.29, 0.717) is 18.2 Å². The van der Waals surface area contributed by atoms with Gasteiger partial charge in [0, 0.05) is 19.0 Å². The highest BCUT2D eigenvalue weighted by Crippen LogP contribution is 2.41. The van der Waals surface area contributed by atoms with Crippen molar-refractivity contribution in [1.82, 2.24) is 10.6 Å². The van der Waals surface area contributed by atoms with Gasteiger partial charge in [-0.3, -0.25) is 4.99 Å². The highest BCUT2D eigenvalue weighted by Gasteiger charge is 2.41. The summed E-state index contributed by atoms with van der Waals surface area (Å²) in [5, 5.41) is 7.25. The Kier molecular flexibility index (Phi) is 6.49. The summed E-state index contributed by atoms with van der Waals surface area (Å²) in [5.41, 5.74) is 3.08. The van der Waals surface area contributed by atoms with Crippen molar-refractivity contribution in [2.24, 2.45) is 4.99 Å². The Morgan fingerprint density at radius 1 is 1.27 bits per heavy atom. The smallest absolute Gasteiger partial charge is 0.191 e. The number of aliphatic imine (C=N–C) groups is 1. The highest BCUT2D eigenvalue weighted by molar-refractivity contribution is 14.0. The van der Waals surface area contributed by atoms with Crippen LogP contribution in [0.15, 0.2) is 29.3 Å². The van der Waals surface area contributed by atoms with Gasteiger partial charge in [0.25, 0.3) is 0 Å². The van der Waals surface area contributed by atoms with E-state index >= 15 is 0 Å². The van der Waals surface area contributed by atoms with Gasteiger partial charge in [0.05, 0.1) is 18.2 Å². The molecule has 1 aromatic rings. The average Bonchev–Trinajstić information content (AvgIpc) is 3.35. The number of nitrogens with zero attached hydrogens (tertiary/aromatic N) is 1. The average molecular weight is 469 g/mol. The molecule has 0 amide bonds. The van der Waals surface area contributed by atoms with Gasteiger partial charge in [-0.25, -0.2) is 0 Å². The number of hydrogen-bond donors (Lipinski definition) is 2. The normalized spacial score (nSPS) is 29.5. The van der Waals surface area contributed by atoms with Crippen LogP contribution in [-0.4, -0.2) is 37.8 Å². The molecular formula is C21H32IN3O. The second-order valence-corrected chi connectivity index (χ2v) is 8.14. The van der Waals surface area contributed by atoms with Crippen molar-refractivity contribution in [1.29, 1.82) is 0 Å². The summed E-state index contributed by atoms with van der Waals surface area (Å²) < 4.78 is 5.97. The van der Waals surface area contributed by atoms with Gasteiger partial charge in [-0.15, -0.1) is 24.0 Å². The maximum absolute atomic E-state index is 5.97. The van der Waals surface area contributed by atoms with E-state index < -0.39 is 0 Å². The Morgan fingerprint density at radius 2 is 2.08 bits per heavy atom. The van der Waals surface area contributed by atoms with Crippen molar-refractivity contribution in [3.05, 3.63) is 35.4 Å². The predicted octanol–water partition coefficient (Wildman–Crippen LogP) is 3.91. The van der Waals surface area contributed by atoms with Gasteiger partial charge in [0.1, 0.15) is 0 Å². The first-order valence-electron chi connectivity index (χ1n) is 9.88. The molecule has 4 rings (SSSR count). The summed E-state index contributed by atoms with van der Waals surface area (Å²) in [6.45, 7) is 3.15. The summed E-state index contributed by atoms with van der Waals surface area (Å²) in [5.74, 6) is 0.931. The van der Waals surface area contributed by atoms with Crippen LogP contribution in [0.4, 0.5) is 0 Å². The number of halogens is 1. The molecule has 3 aliphatic rings. The van der Waals surface area contributed by atoms with Crippen LogP contribution in [0.25, 0.3) is 0 Å². The number of fused-ring (bicyclic) bond motifs is 2. The highest BCUT2D eigenvalue weighted by atomic mass is 127. The van der Waals surface area contributed by atoms with Crippen molar-refractivity contribution >= 4 is 29.9 Å². The number of aryl methyl sites for hydroxylation is 1. The Balaban J connectivity index is 0.00000196. The molecule has 26 heavy (non-hydrogen) atoms. The number of benzene rings is 1. The van der Waals surface area contributed by atoms with Crippen LogP contribution < -0.4 is 10.6 Å². The molecule has 5 heteroatoms. The van der Waals surface area contributed by atoms with Crippen LogP contribution in [0.5, 0.6) is 0 Å². The minimum atomic E-state index is 0. The lowest BCUT2D eigenvalue weighted by Crippen LogP contribution is -2.50. The van der Waals surface area contributed by atoms with Crippen molar-refractivity contribution < 1.29 is 4.74 Å². The number of ether oxygens (including phenoxy) is 1. The Hall–Kier alpha value is -0.820. The first-order valence-corrected chi connectivity index (χ1v) is 9.88. The van der Waals surface area contributed by atoms with E-state index in [1.54, 1.807) is 0 Å². The van der Waals surface area contributed by atoms with E-state index in [-0.39, 0.29) is 29.4 Å². The van der Waals surface area contributed by atoms with Gasteiger partial charge in [0.2, 0.25) is 0 Å². The minimum Gasteiger partial charge on any atom is -0.373 e. The standard InChI is InChI=1S/C21H31N3O.HI/c1-15-6-5-7-16(12-15)21(10-3-4-11-21)14-23-20(22-2)24-18-13-17-8-9-19(18)25-17;/h5-7,12,17-19H,3-4,8-11,13-14H2,1-2H3,(H2,22,23,24);1H. The van der Waals surface area contributed by atoms with E-state index in [1.165, 1.54) is 49.7 Å². The zero-order valence-electron chi connectivity index (χ0n) is 16.0. The van der Waals surface area contributed by atoms with Crippen molar-refractivity contribution in [3.63, 3.8) is 0 Å². The Bertz CT molecular complexity index is 642. The fourth-order valence-electron chi connectivity index (χ4n) is 5.01. The predicted molar refractivity (Wildman–Crippen MR) is 118 cm³/mol. The molecule has 3 unspecified atom stereocenters. The van der Waals surface area contributed by atoms with Crippen LogP contribution in [0.3, 0.4) is 0 Å². The first kappa shape index (κ1) is 19.9. The largest absolute Gasteiger partial charge is 0.373 e. The SMILES string of the molecule is CN=C(NCC1(c2cccc(C)c2)CCCC1)NC1CC2CCC1O2.I. The molecule has 3 atom stereocenters. The molecule has 3 fully saturated rings. The van der Waals surface area contributed by atoms with E-state index in [0.717, 1.165) is 18.9 Å². The molecule has 4 nitrogen and oxygen atoms in total. The fraction of sp³-hybridized carbons (Fsp3) is 0.667. The lowest BCUT2D eigenvalue weighted by molar-refractivity contribution is 0.0992. The topological polar surface area (TPSA) is 45.7 Å². The maximum atomic E-state index is 5.97. The van der Waals surface area contributed by atoms with Gasteiger partial charge in [-0.1, -0.05) is 42.7 Å². The monoisotopic (exact) mass is 469 g/mol.